The van der Waals surface area contributed by atoms with E-state index in [0.29, 0.717) is 0 Å². The maximum absolute atomic E-state index is 13.0. The molecule has 0 atom stereocenters. The van der Waals surface area contributed by atoms with Crippen molar-refractivity contribution < 1.29 is 18.3 Å². The fourth-order valence-electron chi connectivity index (χ4n) is 1.58. The predicted molar refractivity (Wildman–Crippen MR) is 63.8 cm³/mol. The second kappa shape index (κ2) is 7.00. The Kier molecular flexibility index (Phi) is 5.64. The van der Waals surface area contributed by atoms with Gasteiger partial charge in [-0.2, -0.15) is 5.26 Å². The van der Waals surface area contributed by atoms with Crippen molar-refractivity contribution in [3.8, 4) is 6.07 Å². The summed E-state index contributed by atoms with van der Waals surface area (Å²) in [6, 6.07) is 1.68. The Morgan fingerprint density at radius 3 is 2.79 bits per heavy atom. The van der Waals surface area contributed by atoms with Crippen LogP contribution in [0.2, 0.25) is 0 Å². The fourth-order valence-corrected chi connectivity index (χ4v) is 1.80. The van der Waals surface area contributed by atoms with Crippen molar-refractivity contribution in [2.45, 2.75) is 25.7 Å². The molecule has 0 aromatic carbocycles. The lowest BCUT2D eigenvalue weighted by Gasteiger charge is -2.11. The zero-order valence-electron chi connectivity index (χ0n) is 10.1. The van der Waals surface area contributed by atoms with E-state index in [0.717, 1.165) is 0 Å². The summed E-state index contributed by atoms with van der Waals surface area (Å²) < 4.78 is 30.6. The average molecular weight is 289 g/mol. The van der Waals surface area contributed by atoms with E-state index >= 15 is 0 Å². The van der Waals surface area contributed by atoms with Crippen molar-refractivity contribution in [1.29, 1.82) is 5.26 Å². The molecule has 0 amide bonds. The van der Waals surface area contributed by atoms with E-state index in [2.05, 4.69) is 4.98 Å². The number of esters is 1. The monoisotopic (exact) mass is 288 g/mol. The first-order valence-corrected chi connectivity index (χ1v) is 5.99. The third-order valence-corrected chi connectivity index (χ3v) is 2.63. The molecule has 0 spiro atoms. The van der Waals surface area contributed by atoms with Crippen LogP contribution in [0.3, 0.4) is 0 Å². The summed E-state index contributed by atoms with van der Waals surface area (Å²) in [5, 5.41) is 9.00. The maximum atomic E-state index is 13.0. The van der Waals surface area contributed by atoms with Crippen LogP contribution in [0.4, 0.5) is 8.78 Å². The van der Waals surface area contributed by atoms with Gasteiger partial charge in [-0.05, 0) is 12.5 Å². The highest BCUT2D eigenvalue weighted by Gasteiger charge is 2.23. The van der Waals surface area contributed by atoms with Gasteiger partial charge in [-0.1, -0.05) is 0 Å². The number of carbonyl (C=O) groups is 1. The number of hydrogen-bond donors (Lipinski definition) is 0. The molecule has 7 heteroatoms. The van der Waals surface area contributed by atoms with Crippen molar-refractivity contribution in [3.05, 3.63) is 28.6 Å². The van der Waals surface area contributed by atoms with E-state index in [4.69, 9.17) is 21.6 Å². The summed E-state index contributed by atoms with van der Waals surface area (Å²) in [5.41, 5.74) is -0.709. The first-order valence-electron chi connectivity index (χ1n) is 5.45. The Bertz CT molecular complexity index is 515. The van der Waals surface area contributed by atoms with Crippen LogP contribution in [0, 0.1) is 11.3 Å². The number of carbonyl (C=O) groups excluding carboxylic acids is 1. The molecule has 0 aliphatic rings. The molecule has 0 radical (unpaired) electrons. The number of rotatable bonds is 5. The van der Waals surface area contributed by atoms with Crippen LogP contribution in [0.25, 0.3) is 0 Å². The van der Waals surface area contributed by atoms with Crippen LogP contribution in [0.1, 0.15) is 35.7 Å². The van der Waals surface area contributed by atoms with Gasteiger partial charge in [-0.3, -0.25) is 9.78 Å². The summed E-state index contributed by atoms with van der Waals surface area (Å²) in [6.45, 7) is 1.80. The minimum absolute atomic E-state index is 0.0548. The molecular formula is C12H11ClF2N2O2. The number of aromatic nitrogens is 1. The SMILES string of the molecule is CCOC(=O)Cc1cnc(CCl)c(C(F)F)c1C#N. The van der Waals surface area contributed by atoms with Gasteiger partial charge in [-0.25, -0.2) is 8.78 Å². The number of halogens is 3. The Morgan fingerprint density at radius 1 is 1.63 bits per heavy atom. The molecule has 0 saturated carbocycles. The van der Waals surface area contributed by atoms with Crippen molar-refractivity contribution in [3.63, 3.8) is 0 Å². The molecule has 4 nitrogen and oxygen atoms in total. The average Bonchev–Trinajstić information content (AvgIpc) is 2.38. The van der Waals surface area contributed by atoms with Crippen LogP contribution < -0.4 is 0 Å². The van der Waals surface area contributed by atoms with Gasteiger partial charge in [0.05, 0.1) is 35.7 Å². The Hall–Kier alpha value is -1.74. The van der Waals surface area contributed by atoms with E-state index in [1.54, 1.807) is 13.0 Å². The third kappa shape index (κ3) is 3.61. The van der Waals surface area contributed by atoms with Gasteiger partial charge in [0.25, 0.3) is 6.43 Å². The smallest absolute Gasteiger partial charge is 0.310 e. The Morgan fingerprint density at radius 2 is 2.32 bits per heavy atom. The van der Waals surface area contributed by atoms with Crippen LogP contribution in [0.5, 0.6) is 0 Å². The number of ether oxygens (including phenoxy) is 1. The van der Waals surface area contributed by atoms with Gasteiger partial charge < -0.3 is 4.74 Å². The van der Waals surface area contributed by atoms with E-state index < -0.39 is 18.0 Å². The Labute approximate surface area is 114 Å². The zero-order valence-corrected chi connectivity index (χ0v) is 10.9. The normalized spacial score (nSPS) is 10.3. The lowest BCUT2D eigenvalue weighted by molar-refractivity contribution is -0.142. The molecule has 0 aliphatic carbocycles. The van der Waals surface area contributed by atoms with Crippen LogP contribution in [-0.2, 0) is 21.8 Å². The lowest BCUT2D eigenvalue weighted by atomic mass is 10.0. The van der Waals surface area contributed by atoms with E-state index in [1.165, 1.54) is 6.20 Å². The van der Waals surface area contributed by atoms with Gasteiger partial charge in [0.1, 0.15) is 6.07 Å². The fraction of sp³-hybridized carbons (Fsp3) is 0.417. The molecule has 102 valence electrons. The van der Waals surface area contributed by atoms with Crippen molar-refractivity contribution in [2.24, 2.45) is 0 Å². The minimum Gasteiger partial charge on any atom is -0.466 e. The van der Waals surface area contributed by atoms with Crippen LogP contribution in [0.15, 0.2) is 6.20 Å². The molecule has 1 aromatic heterocycles. The third-order valence-electron chi connectivity index (χ3n) is 2.37. The van der Waals surface area contributed by atoms with Gasteiger partial charge in [0.15, 0.2) is 0 Å². The molecular weight excluding hydrogens is 278 g/mol. The quantitative estimate of drug-likeness (QED) is 0.617. The Balaban J connectivity index is 3.24. The van der Waals surface area contributed by atoms with Gasteiger partial charge in [0, 0.05) is 6.20 Å². The molecule has 1 heterocycles. The van der Waals surface area contributed by atoms with Crippen LogP contribution in [-0.4, -0.2) is 17.6 Å². The molecule has 0 N–H and O–H groups in total. The number of nitriles is 1. The van der Waals surface area contributed by atoms with Crippen molar-refractivity contribution in [2.75, 3.05) is 6.61 Å². The van der Waals surface area contributed by atoms with Crippen molar-refractivity contribution >= 4 is 17.6 Å². The van der Waals surface area contributed by atoms with E-state index in [1.807, 2.05) is 0 Å². The second-order valence-electron chi connectivity index (χ2n) is 3.55. The standard InChI is InChI=1S/C12H11ClF2N2O2/c1-2-19-10(18)3-7-6-17-9(4-13)11(12(14)15)8(7)5-16/h6,12H,2-4H2,1H3. The summed E-state index contributed by atoms with van der Waals surface area (Å²) >= 11 is 5.52. The molecule has 1 rings (SSSR count). The molecule has 0 fully saturated rings. The zero-order chi connectivity index (χ0) is 14.4. The highest BCUT2D eigenvalue weighted by atomic mass is 35.5. The largest absolute Gasteiger partial charge is 0.466 e. The van der Waals surface area contributed by atoms with Gasteiger partial charge in [0.2, 0.25) is 0 Å². The number of alkyl halides is 3. The number of pyridine rings is 1. The number of nitrogens with zero attached hydrogens (tertiary/aromatic N) is 2. The molecule has 1 aromatic rings. The maximum Gasteiger partial charge on any atom is 0.310 e. The highest BCUT2D eigenvalue weighted by molar-refractivity contribution is 6.17. The minimum atomic E-state index is -2.88. The molecule has 0 saturated heterocycles. The first-order chi connectivity index (χ1) is 9.04. The summed E-state index contributed by atoms with van der Waals surface area (Å²) in [5.74, 6) is -0.826. The topological polar surface area (TPSA) is 63.0 Å². The molecule has 19 heavy (non-hydrogen) atoms. The highest BCUT2D eigenvalue weighted by Crippen LogP contribution is 2.28. The van der Waals surface area contributed by atoms with Gasteiger partial charge >= 0.3 is 5.97 Å². The van der Waals surface area contributed by atoms with E-state index in [-0.39, 0.29) is 35.7 Å². The predicted octanol–water partition coefficient (Wildman–Crippen LogP) is 2.74. The summed E-state index contributed by atoms with van der Waals surface area (Å²) in [6.07, 6.45) is -1.94. The van der Waals surface area contributed by atoms with Gasteiger partial charge in [-0.15, -0.1) is 11.6 Å². The summed E-state index contributed by atoms with van der Waals surface area (Å²) in [4.78, 5) is 15.1. The van der Waals surface area contributed by atoms with Crippen molar-refractivity contribution in [1.82, 2.24) is 4.98 Å². The second-order valence-corrected chi connectivity index (χ2v) is 3.81. The molecule has 0 unspecified atom stereocenters. The van der Waals surface area contributed by atoms with Crippen LogP contribution >= 0.6 is 11.6 Å². The number of hydrogen-bond acceptors (Lipinski definition) is 4. The molecule has 0 bridgehead atoms. The molecule has 0 aliphatic heterocycles. The lowest BCUT2D eigenvalue weighted by Crippen LogP contribution is -2.12. The summed E-state index contributed by atoms with van der Waals surface area (Å²) in [7, 11) is 0. The first kappa shape index (κ1) is 15.3. The van der Waals surface area contributed by atoms with E-state index in [9.17, 15) is 13.6 Å².